The lowest BCUT2D eigenvalue weighted by Crippen LogP contribution is -2.67. The third-order valence-corrected chi connectivity index (χ3v) is 5.49. The lowest BCUT2D eigenvalue weighted by Gasteiger charge is -2.52. The monoisotopic (exact) mass is 346 g/mol. The van der Waals surface area contributed by atoms with Crippen molar-refractivity contribution in [3.63, 3.8) is 0 Å². The molecule has 0 radical (unpaired) electrons. The number of carbonyl (C=O) groups is 4. The molecule has 0 aromatic rings. The molecule has 1 atom stereocenters. The minimum absolute atomic E-state index is 0.146. The average molecular weight is 346 g/mol. The maximum atomic E-state index is 12.3. The Balaban J connectivity index is 7.32. The molecule has 0 aromatic carbocycles. The summed E-state index contributed by atoms with van der Waals surface area (Å²) in [5.41, 5.74) is -7.27. The number of aliphatic carboxylic acids is 4. The molecule has 138 valence electrons. The van der Waals surface area contributed by atoms with Gasteiger partial charge in [-0.2, -0.15) is 0 Å². The Kier molecular flexibility index (Phi) is 6.96. The average Bonchev–Trinajstić information content (AvgIpc) is 2.48. The van der Waals surface area contributed by atoms with Crippen molar-refractivity contribution in [2.24, 2.45) is 16.2 Å². The van der Waals surface area contributed by atoms with E-state index in [4.69, 9.17) is 0 Å². The van der Waals surface area contributed by atoms with Gasteiger partial charge in [-0.05, 0) is 31.1 Å². The number of hydrogen-bond donors (Lipinski definition) is 4. The Morgan fingerprint density at radius 3 is 1.21 bits per heavy atom. The van der Waals surface area contributed by atoms with E-state index in [0.29, 0.717) is 6.42 Å². The Hall–Kier alpha value is -2.12. The molecule has 8 nitrogen and oxygen atoms in total. The summed E-state index contributed by atoms with van der Waals surface area (Å²) in [5.74, 6) is -8.23. The van der Waals surface area contributed by atoms with Crippen molar-refractivity contribution < 1.29 is 39.6 Å². The van der Waals surface area contributed by atoms with E-state index < -0.39 is 46.5 Å². The molecule has 0 aliphatic heterocycles. The van der Waals surface area contributed by atoms with E-state index >= 15 is 0 Å². The summed E-state index contributed by atoms with van der Waals surface area (Å²) in [6.45, 7) is 6.34. The van der Waals surface area contributed by atoms with Crippen LogP contribution >= 0.6 is 0 Å². The zero-order valence-corrected chi connectivity index (χ0v) is 14.5. The van der Waals surface area contributed by atoms with Crippen LogP contribution in [0.3, 0.4) is 0 Å². The molecule has 0 fully saturated rings. The van der Waals surface area contributed by atoms with Crippen molar-refractivity contribution >= 4 is 23.9 Å². The normalized spacial score (nSPS) is 14.7. The highest BCUT2D eigenvalue weighted by atomic mass is 16.4. The number of carboxylic acids is 4. The van der Waals surface area contributed by atoms with E-state index in [0.717, 1.165) is 0 Å². The third-order valence-electron chi connectivity index (χ3n) is 5.49. The Morgan fingerprint density at radius 1 is 0.667 bits per heavy atom. The minimum atomic E-state index is -3.48. The third kappa shape index (κ3) is 2.53. The molecule has 0 aromatic heterocycles. The largest absolute Gasteiger partial charge is 0.481 e. The van der Waals surface area contributed by atoms with Crippen molar-refractivity contribution in [3.05, 3.63) is 0 Å². The molecule has 4 N–H and O–H groups in total. The van der Waals surface area contributed by atoms with Gasteiger partial charge in [0, 0.05) is 0 Å². The fourth-order valence-electron chi connectivity index (χ4n) is 4.30. The first-order chi connectivity index (χ1) is 11.0. The number of rotatable bonds is 11. The highest BCUT2D eigenvalue weighted by Gasteiger charge is 2.76. The van der Waals surface area contributed by atoms with E-state index in [1.807, 2.05) is 0 Å². The standard InChI is InChI=1S/C16H26O8/c1-5-9-14(6-2,7-3)15(8-4,10(17)18)16(11(19)20,12(21)22)13(23)24/h5-9H2,1-4H3,(H,17,18)(H,19,20)(H,21,22)(H,23,24). The molecule has 0 spiro atoms. The summed E-state index contributed by atoms with van der Waals surface area (Å²) >= 11 is 0. The predicted molar refractivity (Wildman–Crippen MR) is 83.6 cm³/mol. The molecule has 0 saturated heterocycles. The van der Waals surface area contributed by atoms with Crippen LogP contribution in [0.1, 0.15) is 59.8 Å². The van der Waals surface area contributed by atoms with Crippen molar-refractivity contribution in [2.45, 2.75) is 59.8 Å². The molecular formula is C16H26O8. The van der Waals surface area contributed by atoms with Crippen LogP contribution in [0.2, 0.25) is 0 Å². The van der Waals surface area contributed by atoms with E-state index in [2.05, 4.69) is 0 Å². The molecule has 0 amide bonds. The van der Waals surface area contributed by atoms with Gasteiger partial charge >= 0.3 is 23.9 Å². The SMILES string of the molecule is CCCC(CC)(CC)C(CC)(C(=O)O)C(C(=O)O)(C(=O)O)C(=O)O. The van der Waals surface area contributed by atoms with Crippen LogP contribution in [0.5, 0.6) is 0 Å². The van der Waals surface area contributed by atoms with Crippen LogP contribution in [0.25, 0.3) is 0 Å². The first-order valence-electron chi connectivity index (χ1n) is 7.95. The smallest absolute Gasteiger partial charge is 0.334 e. The molecule has 0 aliphatic rings. The van der Waals surface area contributed by atoms with Gasteiger partial charge in [-0.25, -0.2) is 0 Å². The summed E-state index contributed by atoms with van der Waals surface area (Å²) in [5, 5.41) is 38.7. The molecule has 1 unspecified atom stereocenters. The van der Waals surface area contributed by atoms with Gasteiger partial charge < -0.3 is 20.4 Å². The Morgan fingerprint density at radius 2 is 1.04 bits per heavy atom. The summed E-state index contributed by atoms with van der Waals surface area (Å²) in [4.78, 5) is 47.9. The zero-order chi connectivity index (χ0) is 19.3. The summed E-state index contributed by atoms with van der Waals surface area (Å²) in [6.07, 6.45) is 0.524. The molecule has 0 aliphatic carbocycles. The first kappa shape index (κ1) is 21.9. The molecule has 0 rings (SSSR count). The molecular weight excluding hydrogens is 320 g/mol. The van der Waals surface area contributed by atoms with Crippen LogP contribution in [0, 0.1) is 16.2 Å². The van der Waals surface area contributed by atoms with Crippen LogP contribution < -0.4 is 0 Å². The zero-order valence-electron chi connectivity index (χ0n) is 14.5. The predicted octanol–water partition coefficient (Wildman–Crippen LogP) is 2.31. The van der Waals surface area contributed by atoms with E-state index in [-0.39, 0.29) is 19.3 Å². The topological polar surface area (TPSA) is 149 Å². The van der Waals surface area contributed by atoms with Gasteiger partial charge in [-0.15, -0.1) is 0 Å². The van der Waals surface area contributed by atoms with Gasteiger partial charge in [0.2, 0.25) is 0 Å². The number of carboxylic acid groups (broad SMARTS) is 4. The molecule has 0 heterocycles. The Bertz CT molecular complexity index is 484. The van der Waals surface area contributed by atoms with Crippen LogP contribution in [-0.2, 0) is 19.2 Å². The second-order valence-electron chi connectivity index (χ2n) is 5.97. The highest BCUT2D eigenvalue weighted by Crippen LogP contribution is 2.60. The van der Waals surface area contributed by atoms with Gasteiger partial charge in [0.05, 0.1) is 0 Å². The van der Waals surface area contributed by atoms with Crippen molar-refractivity contribution in [1.29, 1.82) is 0 Å². The Labute approximate surface area is 140 Å². The maximum absolute atomic E-state index is 12.3. The van der Waals surface area contributed by atoms with Gasteiger partial charge in [-0.3, -0.25) is 19.2 Å². The molecule has 8 heteroatoms. The van der Waals surface area contributed by atoms with Crippen LogP contribution in [-0.4, -0.2) is 44.3 Å². The van der Waals surface area contributed by atoms with E-state index in [1.54, 1.807) is 20.8 Å². The van der Waals surface area contributed by atoms with E-state index in [9.17, 15) is 39.6 Å². The maximum Gasteiger partial charge on any atom is 0.334 e. The summed E-state index contributed by atoms with van der Waals surface area (Å²) in [6, 6.07) is 0. The van der Waals surface area contributed by atoms with Gasteiger partial charge in [0.25, 0.3) is 5.41 Å². The molecule has 0 saturated carbocycles. The van der Waals surface area contributed by atoms with Crippen molar-refractivity contribution in [1.82, 2.24) is 0 Å². The van der Waals surface area contributed by atoms with Crippen molar-refractivity contribution in [3.8, 4) is 0 Å². The van der Waals surface area contributed by atoms with Crippen molar-refractivity contribution in [2.75, 3.05) is 0 Å². The molecule has 0 bridgehead atoms. The van der Waals surface area contributed by atoms with Gasteiger partial charge in [-0.1, -0.05) is 34.1 Å². The lowest BCUT2D eigenvalue weighted by molar-refractivity contribution is -0.210. The van der Waals surface area contributed by atoms with Gasteiger partial charge in [0.1, 0.15) is 5.41 Å². The summed E-state index contributed by atoms with van der Waals surface area (Å²) in [7, 11) is 0. The van der Waals surface area contributed by atoms with E-state index in [1.165, 1.54) is 6.92 Å². The second kappa shape index (κ2) is 7.63. The van der Waals surface area contributed by atoms with Crippen LogP contribution in [0.4, 0.5) is 0 Å². The first-order valence-corrected chi connectivity index (χ1v) is 7.95. The lowest BCUT2D eigenvalue weighted by atomic mass is 9.46. The summed E-state index contributed by atoms with van der Waals surface area (Å²) < 4.78 is 0. The van der Waals surface area contributed by atoms with Crippen LogP contribution in [0.15, 0.2) is 0 Å². The fourth-order valence-corrected chi connectivity index (χ4v) is 4.30. The minimum Gasteiger partial charge on any atom is -0.481 e. The number of hydrogen-bond acceptors (Lipinski definition) is 4. The highest BCUT2D eigenvalue weighted by molar-refractivity contribution is 6.20. The molecule has 24 heavy (non-hydrogen) atoms. The van der Waals surface area contributed by atoms with Gasteiger partial charge in [0.15, 0.2) is 0 Å². The fraction of sp³-hybridized carbons (Fsp3) is 0.750. The second-order valence-corrected chi connectivity index (χ2v) is 5.97. The quantitative estimate of drug-likeness (QED) is 0.416.